The normalized spacial score (nSPS) is 13.3. The zero-order valence-electron chi connectivity index (χ0n) is 38.2. The van der Waals surface area contributed by atoms with E-state index in [1.165, 1.54) is 71.0 Å². The van der Waals surface area contributed by atoms with Crippen LogP contribution in [-0.2, 0) is 10.8 Å². The van der Waals surface area contributed by atoms with E-state index in [9.17, 15) is 0 Å². The lowest BCUT2D eigenvalue weighted by Crippen LogP contribution is -2.61. The Morgan fingerprint density at radius 3 is 1.84 bits per heavy atom. The van der Waals surface area contributed by atoms with Crippen molar-refractivity contribution in [3.63, 3.8) is 0 Å². The Bertz CT molecular complexity index is 3290. The maximum atomic E-state index is 7.44. The van der Waals surface area contributed by atoms with Crippen molar-refractivity contribution in [2.45, 2.75) is 73.1 Å². The van der Waals surface area contributed by atoms with Crippen LogP contribution in [0.5, 0.6) is 0 Å². The second-order valence-corrected chi connectivity index (χ2v) is 20.8. The molecule has 4 nitrogen and oxygen atoms in total. The first-order chi connectivity index (χ1) is 30.8. The molecule has 2 aliphatic rings. The van der Waals surface area contributed by atoms with Crippen molar-refractivity contribution >= 4 is 78.8 Å². The van der Waals surface area contributed by atoms with Crippen molar-refractivity contribution in [1.82, 2.24) is 4.98 Å². The largest absolute Gasteiger partial charge is 0.457 e. The number of pyridine rings is 1. The molecule has 0 spiro atoms. The van der Waals surface area contributed by atoms with E-state index in [4.69, 9.17) is 9.40 Å². The van der Waals surface area contributed by atoms with Crippen LogP contribution >= 0.6 is 11.3 Å². The Labute approximate surface area is 382 Å². The fourth-order valence-corrected chi connectivity index (χ4v) is 11.5. The Morgan fingerprint density at radius 2 is 1.19 bits per heavy atom. The van der Waals surface area contributed by atoms with Gasteiger partial charge in [-0.1, -0.05) is 126 Å². The number of hydrogen-bond donors (Lipinski definition) is 0. The number of thiophene rings is 1. The molecule has 6 heteroatoms. The molecule has 314 valence electrons. The summed E-state index contributed by atoms with van der Waals surface area (Å²) < 4.78 is 7.44. The second-order valence-electron chi connectivity index (χ2n) is 19.8. The molecule has 11 rings (SSSR count). The third kappa shape index (κ3) is 6.37. The van der Waals surface area contributed by atoms with E-state index in [1.807, 2.05) is 23.6 Å². The highest BCUT2D eigenvalue weighted by atomic mass is 32.1. The third-order valence-corrected chi connectivity index (χ3v) is 14.5. The summed E-state index contributed by atoms with van der Waals surface area (Å²) in [7, 11) is 0. The van der Waals surface area contributed by atoms with E-state index in [0.29, 0.717) is 0 Å². The molecule has 6 aromatic carbocycles. The van der Waals surface area contributed by atoms with Gasteiger partial charge in [0, 0.05) is 50.3 Å². The van der Waals surface area contributed by atoms with Gasteiger partial charge in [-0.2, -0.15) is 0 Å². The third-order valence-electron chi connectivity index (χ3n) is 13.4. The minimum Gasteiger partial charge on any atom is -0.457 e. The van der Waals surface area contributed by atoms with Gasteiger partial charge in [0.05, 0.1) is 16.4 Å². The van der Waals surface area contributed by atoms with Crippen LogP contribution in [0.1, 0.15) is 69.4 Å². The molecule has 0 fully saturated rings. The Morgan fingerprint density at radius 1 is 0.562 bits per heavy atom. The molecule has 0 unspecified atom stereocenters. The van der Waals surface area contributed by atoms with E-state index >= 15 is 0 Å². The highest BCUT2D eigenvalue weighted by Crippen LogP contribution is 2.51. The molecule has 0 saturated heterocycles. The molecule has 2 aliphatic heterocycles. The highest BCUT2D eigenvalue weighted by molar-refractivity contribution is 7.23. The summed E-state index contributed by atoms with van der Waals surface area (Å²) in [5.41, 5.74) is 20.9. The van der Waals surface area contributed by atoms with E-state index < -0.39 is 0 Å². The number of nitrogens with zero attached hydrogens (tertiary/aromatic N) is 3. The van der Waals surface area contributed by atoms with Crippen LogP contribution in [0, 0.1) is 20.8 Å². The van der Waals surface area contributed by atoms with Gasteiger partial charge in [0.1, 0.15) is 11.3 Å². The van der Waals surface area contributed by atoms with Crippen LogP contribution in [0.4, 0.5) is 33.4 Å². The first kappa shape index (κ1) is 40.2. The van der Waals surface area contributed by atoms with Gasteiger partial charge in [0.25, 0.3) is 6.71 Å². The van der Waals surface area contributed by atoms with Gasteiger partial charge < -0.3 is 14.2 Å². The molecule has 0 N–H and O–H groups in total. The van der Waals surface area contributed by atoms with Crippen LogP contribution in [0.15, 0.2) is 156 Å². The zero-order valence-corrected chi connectivity index (χ0v) is 39.0. The number of para-hydroxylation sites is 1. The monoisotopic (exact) mass is 849 g/mol. The highest BCUT2D eigenvalue weighted by Gasteiger charge is 2.47. The van der Waals surface area contributed by atoms with Gasteiger partial charge >= 0.3 is 0 Å². The molecular formula is C58H52BN3OS. The summed E-state index contributed by atoms with van der Waals surface area (Å²) in [6, 6.07) is 53.8. The molecule has 0 amide bonds. The van der Waals surface area contributed by atoms with Crippen molar-refractivity contribution in [3.8, 4) is 33.0 Å². The Hall–Kier alpha value is -6.63. The molecule has 0 aliphatic carbocycles. The number of rotatable bonds is 5. The van der Waals surface area contributed by atoms with Gasteiger partial charge in [-0.25, -0.2) is 0 Å². The number of hydrogen-bond acceptors (Lipinski definition) is 5. The summed E-state index contributed by atoms with van der Waals surface area (Å²) in [5.74, 6) is 0.893. The maximum absolute atomic E-state index is 7.44. The molecule has 0 saturated carbocycles. The van der Waals surface area contributed by atoms with Crippen molar-refractivity contribution in [2.24, 2.45) is 0 Å². The molecule has 3 aromatic heterocycles. The number of fused-ring (bicyclic) bond motifs is 6. The molecule has 0 radical (unpaired) electrons. The molecular weight excluding hydrogens is 798 g/mol. The summed E-state index contributed by atoms with van der Waals surface area (Å²) in [4.78, 5) is 11.3. The number of aromatic nitrogens is 1. The van der Waals surface area contributed by atoms with E-state index in [2.05, 4.69) is 212 Å². The smallest absolute Gasteiger partial charge is 0.258 e. The summed E-state index contributed by atoms with van der Waals surface area (Å²) >= 11 is 1.90. The van der Waals surface area contributed by atoms with Gasteiger partial charge in [0.2, 0.25) is 0 Å². The van der Waals surface area contributed by atoms with Crippen LogP contribution in [0.2, 0.25) is 0 Å². The number of aryl methyl sites for hydroxylation is 3. The number of benzene rings is 6. The predicted molar refractivity (Wildman–Crippen MR) is 274 cm³/mol. The van der Waals surface area contributed by atoms with Crippen molar-refractivity contribution in [2.75, 3.05) is 9.80 Å². The van der Waals surface area contributed by atoms with E-state index in [0.717, 1.165) is 50.6 Å². The van der Waals surface area contributed by atoms with Crippen molar-refractivity contribution in [3.05, 3.63) is 180 Å². The van der Waals surface area contributed by atoms with Gasteiger partial charge in [-0.3, -0.25) is 4.98 Å². The number of anilines is 6. The van der Waals surface area contributed by atoms with Gasteiger partial charge in [-0.05, 0) is 142 Å². The van der Waals surface area contributed by atoms with Crippen LogP contribution in [0.25, 0.3) is 44.0 Å². The van der Waals surface area contributed by atoms with Crippen LogP contribution < -0.4 is 26.2 Å². The van der Waals surface area contributed by atoms with Crippen molar-refractivity contribution < 1.29 is 4.42 Å². The average Bonchev–Trinajstić information content (AvgIpc) is 3.92. The summed E-state index contributed by atoms with van der Waals surface area (Å²) in [6.07, 6.45) is 1.89. The minimum atomic E-state index is -0.196. The lowest BCUT2D eigenvalue weighted by atomic mass is 9.33. The fraction of sp³-hybridized carbons (Fsp3) is 0.190. The van der Waals surface area contributed by atoms with Gasteiger partial charge in [-0.15, -0.1) is 11.3 Å². The first-order valence-electron chi connectivity index (χ1n) is 22.5. The Kier molecular flexibility index (Phi) is 9.24. The lowest BCUT2D eigenvalue weighted by Gasteiger charge is -2.44. The summed E-state index contributed by atoms with van der Waals surface area (Å²) in [5, 5.41) is 2.40. The summed E-state index contributed by atoms with van der Waals surface area (Å²) in [6.45, 7) is 20.4. The van der Waals surface area contributed by atoms with Crippen molar-refractivity contribution in [1.29, 1.82) is 0 Å². The molecule has 0 atom stereocenters. The molecule has 9 aromatic rings. The first-order valence-corrected chi connectivity index (χ1v) is 23.3. The number of furan rings is 1. The van der Waals surface area contributed by atoms with Crippen LogP contribution in [0.3, 0.4) is 0 Å². The quantitative estimate of drug-likeness (QED) is 0.162. The maximum Gasteiger partial charge on any atom is 0.258 e. The molecule has 0 bridgehead atoms. The molecule has 64 heavy (non-hydrogen) atoms. The minimum absolute atomic E-state index is 0.0306. The second kappa shape index (κ2) is 14.7. The van der Waals surface area contributed by atoms with E-state index in [1.54, 1.807) is 0 Å². The predicted octanol–water partition coefficient (Wildman–Crippen LogP) is 14.5. The SMILES string of the molecule is Cc1cc2c3c(c1)N(c1ccc(C(C)(C)C)cc1)c1sc(-c4ccccc4C)cc1B3c1c(cc(C(C)(C)C)c3cc(-c4ccccc4C)oc13)N2c1ccccc1-c1ccccn1. The van der Waals surface area contributed by atoms with E-state index in [-0.39, 0.29) is 17.5 Å². The molecule has 5 heterocycles. The Balaban J connectivity index is 1.29. The zero-order chi connectivity index (χ0) is 44.2. The lowest BCUT2D eigenvalue weighted by molar-refractivity contribution is 0.590. The average molecular weight is 850 g/mol. The fourth-order valence-electron chi connectivity index (χ4n) is 10.2. The standard InChI is InChI=1S/C58H52BN3OS/c1-35-30-48-53-49(31-35)62(47-24-15-14-22-42(47)46-23-16-17-29-60-46)50-33-44(58(7,8)9)43-32-51(40-20-12-10-18-36(40)2)63-55(43)54(50)59(53)45-34-52(41-21-13-11-19-37(41)3)64-56(45)61(48)39-27-25-38(26-28-39)57(4,5)6/h10-34H,1-9H3. The topological polar surface area (TPSA) is 32.5 Å². The van der Waals surface area contributed by atoms with Crippen LogP contribution in [-0.4, -0.2) is 11.7 Å². The van der Waals surface area contributed by atoms with Gasteiger partial charge in [0.15, 0.2) is 0 Å².